The third-order valence-corrected chi connectivity index (χ3v) is 7.73. The Hall–Kier alpha value is -3.39. The summed E-state index contributed by atoms with van der Waals surface area (Å²) < 4.78 is 0. The molecule has 1 N–H and O–H groups in total. The average molecular weight is 582 g/mol. The fraction of sp³-hybridized carbons (Fsp3) is 0.323. The molecule has 1 aliphatic rings. The molecule has 0 spiro atoms. The van der Waals surface area contributed by atoms with E-state index in [0.717, 1.165) is 36.3 Å². The van der Waals surface area contributed by atoms with Crippen LogP contribution in [-0.4, -0.2) is 66.1 Å². The smallest absolute Gasteiger partial charge is 0.254 e. The zero-order valence-electron chi connectivity index (χ0n) is 22.8. The Morgan fingerprint density at radius 3 is 2.35 bits per heavy atom. The summed E-state index contributed by atoms with van der Waals surface area (Å²) in [6, 6.07) is 22.0. The van der Waals surface area contributed by atoms with Crippen molar-refractivity contribution in [3.8, 4) is 11.1 Å². The molecule has 3 aromatic rings. The van der Waals surface area contributed by atoms with Crippen LogP contribution in [-0.2, 0) is 16.2 Å². The summed E-state index contributed by atoms with van der Waals surface area (Å²) in [7, 11) is 0. The quantitative estimate of drug-likeness (QED) is 0.286. The van der Waals surface area contributed by atoms with Crippen LogP contribution in [0, 0.1) is 0 Å². The van der Waals surface area contributed by atoms with E-state index in [1.54, 1.807) is 29.2 Å². The van der Waals surface area contributed by atoms with Gasteiger partial charge in [-0.15, -0.1) is 0 Å². The van der Waals surface area contributed by atoms with Crippen LogP contribution in [0.3, 0.4) is 0 Å². The van der Waals surface area contributed by atoms with Crippen LogP contribution in [0.25, 0.3) is 11.1 Å². The van der Waals surface area contributed by atoms with Crippen molar-refractivity contribution in [3.63, 3.8) is 0 Å². The molecule has 1 saturated heterocycles. The van der Waals surface area contributed by atoms with E-state index in [-0.39, 0.29) is 25.0 Å². The zero-order chi connectivity index (χ0) is 28.5. The zero-order valence-corrected chi connectivity index (χ0v) is 24.3. The van der Waals surface area contributed by atoms with Crippen molar-refractivity contribution < 1.29 is 14.4 Å². The predicted octanol–water partition coefficient (Wildman–Crippen LogP) is 5.91. The molecule has 0 radical (unpaired) electrons. The molecule has 1 aliphatic heterocycles. The number of likely N-dealkylation sites (tertiary alicyclic amines) is 1. The van der Waals surface area contributed by atoms with E-state index in [0.29, 0.717) is 34.3 Å². The first-order chi connectivity index (χ1) is 19.4. The van der Waals surface area contributed by atoms with Gasteiger partial charge in [-0.1, -0.05) is 90.7 Å². The molecule has 2 amide bonds. The second-order valence-electron chi connectivity index (χ2n) is 9.59. The van der Waals surface area contributed by atoms with Gasteiger partial charge < -0.3 is 20.0 Å². The third kappa shape index (κ3) is 7.62. The lowest BCUT2D eigenvalue weighted by Gasteiger charge is -2.24. The monoisotopic (exact) mass is 580 g/mol. The van der Waals surface area contributed by atoms with E-state index in [4.69, 9.17) is 28.0 Å². The number of halogens is 2. The first-order valence-electron chi connectivity index (χ1n) is 13.5. The third-order valence-electron chi connectivity index (χ3n) is 6.99. The highest BCUT2D eigenvalue weighted by atomic mass is 35.5. The van der Waals surface area contributed by atoms with Gasteiger partial charge in [0.15, 0.2) is 0 Å². The van der Waals surface area contributed by atoms with Crippen molar-refractivity contribution in [2.24, 2.45) is 5.16 Å². The molecule has 0 saturated carbocycles. The van der Waals surface area contributed by atoms with Crippen LogP contribution in [0.5, 0.6) is 0 Å². The van der Waals surface area contributed by atoms with Crippen LogP contribution in [0.2, 0.25) is 10.0 Å². The topological polar surface area (TPSA) is 74.2 Å². The lowest BCUT2D eigenvalue weighted by molar-refractivity contribution is -0.124. The first-order valence-corrected chi connectivity index (χ1v) is 14.2. The molecule has 1 atom stereocenters. The van der Waals surface area contributed by atoms with Crippen LogP contribution in [0.15, 0.2) is 78.0 Å². The van der Waals surface area contributed by atoms with Gasteiger partial charge in [0, 0.05) is 25.1 Å². The number of likely N-dealkylation sites (N-methyl/N-ethyl adjacent to an activating group) is 1. The van der Waals surface area contributed by atoms with E-state index < -0.39 is 6.04 Å². The SMILES string of the molecule is CCN(CC)CCNC(=O)C1C/C(=N\OCc2ccc(Cl)c(Cl)c2)CN1C(=O)c1ccc(-c2ccccc2)cc1. The lowest BCUT2D eigenvalue weighted by Crippen LogP contribution is -2.47. The maximum atomic E-state index is 13.6. The molecule has 0 bridgehead atoms. The van der Waals surface area contributed by atoms with E-state index in [1.807, 2.05) is 48.5 Å². The first kappa shape index (κ1) is 29.6. The maximum absolute atomic E-state index is 13.6. The molecule has 1 fully saturated rings. The number of nitrogens with zero attached hydrogens (tertiary/aromatic N) is 3. The second-order valence-corrected chi connectivity index (χ2v) is 10.4. The summed E-state index contributed by atoms with van der Waals surface area (Å²) in [6.07, 6.45) is 0.298. The Morgan fingerprint density at radius 1 is 0.975 bits per heavy atom. The maximum Gasteiger partial charge on any atom is 0.254 e. The number of nitrogens with one attached hydrogen (secondary N) is 1. The van der Waals surface area contributed by atoms with Crippen molar-refractivity contribution in [1.29, 1.82) is 0 Å². The number of benzene rings is 3. The minimum absolute atomic E-state index is 0.190. The van der Waals surface area contributed by atoms with Crippen molar-refractivity contribution in [2.75, 3.05) is 32.7 Å². The van der Waals surface area contributed by atoms with Gasteiger partial charge in [0.2, 0.25) is 5.91 Å². The fourth-order valence-electron chi connectivity index (χ4n) is 4.64. The van der Waals surface area contributed by atoms with Crippen molar-refractivity contribution >= 4 is 40.7 Å². The molecule has 40 heavy (non-hydrogen) atoms. The Bertz CT molecular complexity index is 1330. The molecule has 9 heteroatoms. The Labute approximate surface area is 245 Å². The summed E-state index contributed by atoms with van der Waals surface area (Å²) >= 11 is 12.1. The average Bonchev–Trinajstić information content (AvgIpc) is 3.41. The van der Waals surface area contributed by atoms with E-state index in [2.05, 4.69) is 29.2 Å². The molecule has 4 rings (SSSR count). The Balaban J connectivity index is 1.47. The second kappa shape index (κ2) is 14.3. The summed E-state index contributed by atoms with van der Waals surface area (Å²) in [5.74, 6) is -0.422. The highest BCUT2D eigenvalue weighted by molar-refractivity contribution is 6.42. The van der Waals surface area contributed by atoms with E-state index in [1.165, 1.54) is 0 Å². The molecular weight excluding hydrogens is 547 g/mol. The Morgan fingerprint density at radius 2 is 1.68 bits per heavy atom. The van der Waals surface area contributed by atoms with Crippen LogP contribution >= 0.6 is 23.2 Å². The number of carbonyl (C=O) groups excluding carboxylic acids is 2. The fourth-order valence-corrected chi connectivity index (χ4v) is 4.96. The molecular formula is C31H34Cl2N4O3. The molecule has 7 nitrogen and oxygen atoms in total. The van der Waals surface area contributed by atoms with Gasteiger partial charge in [0.05, 0.1) is 22.3 Å². The normalized spacial score (nSPS) is 16.0. The van der Waals surface area contributed by atoms with E-state index >= 15 is 0 Å². The number of hydrogen-bond acceptors (Lipinski definition) is 5. The number of rotatable bonds is 11. The standard InChI is InChI=1S/C31H34Cl2N4O3/c1-3-36(4-2)17-16-34-30(38)29-19-26(35-40-21-22-10-15-27(32)28(33)18-22)20-37(29)31(39)25-13-11-24(12-14-25)23-8-6-5-7-9-23/h5-15,18,29H,3-4,16-17,19-21H2,1-2H3,(H,34,38)/b35-26+. The number of amides is 2. The van der Waals surface area contributed by atoms with Crippen molar-refractivity contribution in [3.05, 3.63) is 94.0 Å². The molecule has 3 aromatic carbocycles. The van der Waals surface area contributed by atoms with Gasteiger partial charge in [-0.2, -0.15) is 0 Å². The number of oxime groups is 1. The molecule has 0 aliphatic carbocycles. The van der Waals surface area contributed by atoms with Crippen molar-refractivity contribution in [2.45, 2.75) is 32.9 Å². The van der Waals surface area contributed by atoms with Crippen LogP contribution in [0.4, 0.5) is 0 Å². The predicted molar refractivity (Wildman–Crippen MR) is 161 cm³/mol. The summed E-state index contributed by atoms with van der Waals surface area (Å²) in [5.41, 5.74) is 4.04. The van der Waals surface area contributed by atoms with Crippen LogP contribution < -0.4 is 5.32 Å². The number of hydrogen-bond donors (Lipinski definition) is 1. The highest BCUT2D eigenvalue weighted by Gasteiger charge is 2.38. The van der Waals surface area contributed by atoms with Crippen molar-refractivity contribution in [1.82, 2.24) is 15.1 Å². The minimum atomic E-state index is -0.676. The minimum Gasteiger partial charge on any atom is -0.391 e. The largest absolute Gasteiger partial charge is 0.391 e. The lowest BCUT2D eigenvalue weighted by atomic mass is 10.0. The Kier molecular flexibility index (Phi) is 10.6. The highest BCUT2D eigenvalue weighted by Crippen LogP contribution is 2.25. The molecule has 0 aromatic heterocycles. The van der Waals surface area contributed by atoms with Gasteiger partial charge in [0.25, 0.3) is 5.91 Å². The number of carbonyl (C=O) groups is 2. The molecule has 1 unspecified atom stereocenters. The van der Waals surface area contributed by atoms with Gasteiger partial charge in [-0.3, -0.25) is 9.59 Å². The molecule has 1 heterocycles. The van der Waals surface area contributed by atoms with Crippen LogP contribution in [0.1, 0.15) is 36.2 Å². The molecule has 210 valence electrons. The van der Waals surface area contributed by atoms with Gasteiger partial charge in [-0.05, 0) is 54.0 Å². The van der Waals surface area contributed by atoms with Gasteiger partial charge >= 0.3 is 0 Å². The van der Waals surface area contributed by atoms with E-state index in [9.17, 15) is 9.59 Å². The van der Waals surface area contributed by atoms with Gasteiger partial charge in [-0.25, -0.2) is 0 Å². The summed E-state index contributed by atoms with van der Waals surface area (Å²) in [6.45, 7) is 7.64. The van der Waals surface area contributed by atoms with Gasteiger partial charge in [0.1, 0.15) is 12.6 Å². The summed E-state index contributed by atoms with van der Waals surface area (Å²) in [5, 5.41) is 8.19. The summed E-state index contributed by atoms with van der Waals surface area (Å²) in [4.78, 5) is 36.2.